The number of carbonyl (C=O) groups excluding carboxylic acids is 4. The molecule has 2 aromatic carbocycles. The third-order valence-corrected chi connectivity index (χ3v) is 9.60. The molecule has 282 valence electrons. The molecule has 3 saturated heterocycles. The summed E-state index contributed by atoms with van der Waals surface area (Å²) in [5.74, 6) is -1.17. The average Bonchev–Trinajstić information content (AvgIpc) is 3.47. The van der Waals surface area contributed by atoms with Gasteiger partial charge in [0.15, 0.2) is 0 Å². The van der Waals surface area contributed by atoms with Crippen molar-refractivity contribution in [3.8, 4) is 0 Å². The first kappa shape index (κ1) is 38.5. The Morgan fingerprint density at radius 1 is 0.885 bits per heavy atom. The molecule has 3 heterocycles. The highest BCUT2D eigenvalue weighted by atomic mass is 16.6. The summed E-state index contributed by atoms with van der Waals surface area (Å²) in [6, 6.07) is 17.3. The number of nitrogens with zero attached hydrogens (tertiary/aromatic N) is 4. The Balaban J connectivity index is 1.13. The van der Waals surface area contributed by atoms with Gasteiger partial charge in [0.1, 0.15) is 36.8 Å². The maximum atomic E-state index is 13.4. The molecule has 3 fully saturated rings. The van der Waals surface area contributed by atoms with Crippen LogP contribution in [0.1, 0.15) is 51.2 Å². The molecule has 3 N–H and O–H groups in total. The molecular formula is C38H52N6O8. The van der Waals surface area contributed by atoms with Crippen LogP contribution in [0.3, 0.4) is 0 Å². The maximum absolute atomic E-state index is 13.4. The van der Waals surface area contributed by atoms with Gasteiger partial charge < -0.3 is 29.6 Å². The molecule has 3 unspecified atom stereocenters. The van der Waals surface area contributed by atoms with Crippen LogP contribution in [0.15, 0.2) is 60.7 Å². The van der Waals surface area contributed by atoms with Crippen molar-refractivity contribution in [2.45, 2.75) is 77.0 Å². The Morgan fingerprint density at radius 2 is 1.46 bits per heavy atom. The van der Waals surface area contributed by atoms with E-state index in [0.29, 0.717) is 58.7 Å². The number of piperazine rings is 1. The van der Waals surface area contributed by atoms with Crippen LogP contribution in [-0.2, 0) is 41.8 Å². The molecule has 0 aromatic heterocycles. The number of piperidine rings is 1. The lowest BCUT2D eigenvalue weighted by atomic mass is 9.88. The number of rotatable bonds is 13. The monoisotopic (exact) mass is 720 g/mol. The Bertz CT molecular complexity index is 1520. The van der Waals surface area contributed by atoms with Gasteiger partial charge in [-0.05, 0) is 50.7 Å². The predicted molar refractivity (Wildman–Crippen MR) is 192 cm³/mol. The number of ether oxygens (including phenoxy) is 4. The highest BCUT2D eigenvalue weighted by Gasteiger charge is 2.43. The Morgan fingerprint density at radius 3 is 2.02 bits per heavy atom. The Labute approximate surface area is 305 Å². The Hall–Kier alpha value is -4.69. The number of nitrogens with two attached hydrogens (primary N) is 1. The number of esters is 2. The molecule has 2 aromatic rings. The molecule has 3 aliphatic rings. The molecule has 52 heavy (non-hydrogen) atoms. The number of carbonyl (C=O) groups is 4. The first-order valence-corrected chi connectivity index (χ1v) is 18.0. The van der Waals surface area contributed by atoms with E-state index in [1.807, 2.05) is 86.3 Å². The van der Waals surface area contributed by atoms with E-state index in [4.69, 9.17) is 30.1 Å². The topological polar surface area (TPSA) is 168 Å². The molecular weight excluding hydrogens is 668 g/mol. The van der Waals surface area contributed by atoms with Crippen LogP contribution in [0.2, 0.25) is 0 Å². The summed E-state index contributed by atoms with van der Waals surface area (Å²) in [4.78, 5) is 59.4. The summed E-state index contributed by atoms with van der Waals surface area (Å²) in [5.41, 5.74) is 7.18. The number of likely N-dealkylation sites (tertiary alicyclic amines) is 1. The zero-order chi connectivity index (χ0) is 37.3. The van der Waals surface area contributed by atoms with E-state index >= 15 is 0 Å². The van der Waals surface area contributed by atoms with Crippen LogP contribution >= 0.6 is 0 Å². The molecule has 0 bridgehead atoms. The van der Waals surface area contributed by atoms with Crippen molar-refractivity contribution >= 4 is 30.0 Å². The third-order valence-electron chi connectivity index (χ3n) is 9.60. The fourth-order valence-corrected chi connectivity index (χ4v) is 6.95. The molecule has 5 rings (SSSR count). The summed E-state index contributed by atoms with van der Waals surface area (Å²) >= 11 is 0. The molecule has 3 atom stereocenters. The van der Waals surface area contributed by atoms with Crippen LogP contribution in [-0.4, -0.2) is 126 Å². The number of cyclic esters (lactones) is 1. The third kappa shape index (κ3) is 10.9. The normalized spacial score (nSPS) is 20.1. The van der Waals surface area contributed by atoms with E-state index < -0.39 is 41.8 Å². The summed E-state index contributed by atoms with van der Waals surface area (Å²) in [6.07, 6.45) is -0.289. The Kier molecular flexibility index (Phi) is 13.1. The molecule has 0 saturated carbocycles. The largest absolute Gasteiger partial charge is 0.461 e. The smallest absolute Gasteiger partial charge is 0.410 e. The first-order chi connectivity index (χ1) is 24.9. The molecule has 14 heteroatoms. The van der Waals surface area contributed by atoms with Crippen molar-refractivity contribution < 1.29 is 38.1 Å². The summed E-state index contributed by atoms with van der Waals surface area (Å²) in [6.45, 7) is 9.50. The number of amidine groups is 1. The van der Waals surface area contributed by atoms with Crippen LogP contribution in [0.5, 0.6) is 0 Å². The van der Waals surface area contributed by atoms with E-state index in [1.54, 1.807) is 9.80 Å². The average molecular weight is 721 g/mol. The fraction of sp³-hybridized carbons (Fsp3) is 0.553. The van der Waals surface area contributed by atoms with E-state index in [0.717, 1.165) is 11.1 Å². The van der Waals surface area contributed by atoms with E-state index in [-0.39, 0.29) is 44.0 Å². The molecule has 0 aliphatic carbocycles. The number of hydrogen-bond acceptors (Lipinski definition) is 11. The van der Waals surface area contributed by atoms with Crippen molar-refractivity contribution in [1.29, 1.82) is 5.41 Å². The van der Waals surface area contributed by atoms with Gasteiger partial charge in [0.2, 0.25) is 0 Å². The highest BCUT2D eigenvalue weighted by Crippen LogP contribution is 2.29. The lowest BCUT2D eigenvalue weighted by Gasteiger charge is -2.39. The second-order valence-corrected chi connectivity index (χ2v) is 14.7. The number of hydrogen-bond donors (Lipinski definition) is 2. The van der Waals surface area contributed by atoms with Gasteiger partial charge >= 0.3 is 24.1 Å². The van der Waals surface area contributed by atoms with Crippen molar-refractivity contribution in [2.24, 2.45) is 11.7 Å². The molecule has 0 radical (unpaired) electrons. The van der Waals surface area contributed by atoms with E-state index in [2.05, 4.69) is 4.90 Å². The zero-order valence-corrected chi connectivity index (χ0v) is 30.4. The van der Waals surface area contributed by atoms with Gasteiger partial charge in [0.05, 0.1) is 19.0 Å². The highest BCUT2D eigenvalue weighted by molar-refractivity contribution is 5.87. The molecule has 0 spiro atoms. The van der Waals surface area contributed by atoms with Gasteiger partial charge in [-0.2, -0.15) is 0 Å². The van der Waals surface area contributed by atoms with E-state index in [1.165, 1.54) is 0 Å². The lowest BCUT2D eigenvalue weighted by molar-refractivity contribution is -0.159. The predicted octanol–water partition coefficient (Wildman–Crippen LogP) is 3.62. The lowest BCUT2D eigenvalue weighted by Crippen LogP contribution is -2.55. The summed E-state index contributed by atoms with van der Waals surface area (Å²) in [5, 5.41) is 8.34. The number of nitrogens with one attached hydrogen (secondary N) is 1. The SMILES string of the molecule is CC(C)(C)OC(=O)N1CCC(C(C(=N)N)N2CC(CN3CCN(C(CC(=O)OCc4ccccc4)C(=O)OCc4ccccc4)CC3)OC2=O)CC1. The van der Waals surface area contributed by atoms with E-state index in [9.17, 15) is 19.2 Å². The quantitative estimate of drug-likeness (QED) is 0.134. The zero-order valence-electron chi connectivity index (χ0n) is 30.4. The van der Waals surface area contributed by atoms with Gasteiger partial charge in [0.25, 0.3) is 0 Å². The van der Waals surface area contributed by atoms with Gasteiger partial charge in [-0.15, -0.1) is 0 Å². The van der Waals surface area contributed by atoms with Crippen molar-refractivity contribution in [3.05, 3.63) is 71.8 Å². The first-order valence-electron chi connectivity index (χ1n) is 18.0. The van der Waals surface area contributed by atoms with Crippen LogP contribution in [0.4, 0.5) is 9.59 Å². The van der Waals surface area contributed by atoms with Crippen LogP contribution in [0, 0.1) is 11.3 Å². The minimum atomic E-state index is -0.813. The maximum Gasteiger partial charge on any atom is 0.410 e. The molecule has 14 nitrogen and oxygen atoms in total. The van der Waals surface area contributed by atoms with Crippen LogP contribution in [0.25, 0.3) is 0 Å². The summed E-state index contributed by atoms with van der Waals surface area (Å²) in [7, 11) is 0. The van der Waals surface area contributed by atoms with Gasteiger partial charge in [-0.3, -0.25) is 29.7 Å². The van der Waals surface area contributed by atoms with Crippen molar-refractivity contribution in [1.82, 2.24) is 19.6 Å². The minimum absolute atomic E-state index is 0.0935. The molecule has 3 aliphatic heterocycles. The fourth-order valence-electron chi connectivity index (χ4n) is 6.95. The minimum Gasteiger partial charge on any atom is -0.461 e. The van der Waals surface area contributed by atoms with Crippen LogP contribution < -0.4 is 5.73 Å². The van der Waals surface area contributed by atoms with Gasteiger partial charge in [-0.25, -0.2) is 9.59 Å². The molecule has 2 amide bonds. The standard InChI is InChI=1S/C38H52N6O8/c1-38(2,3)52-36(47)43-16-14-29(15-17-43)33(34(39)40)44-24-30(51-37(44)48)23-41-18-20-42(21-19-41)31(35(46)50-26-28-12-8-5-9-13-28)22-32(45)49-25-27-10-6-4-7-11-27/h4-13,29-31,33H,14-26H2,1-3H3,(H3,39,40). The number of benzene rings is 2. The summed E-state index contributed by atoms with van der Waals surface area (Å²) < 4.78 is 22.5. The van der Waals surface area contributed by atoms with Crippen molar-refractivity contribution in [3.63, 3.8) is 0 Å². The second-order valence-electron chi connectivity index (χ2n) is 14.7. The second kappa shape index (κ2) is 17.7. The van der Waals surface area contributed by atoms with Gasteiger partial charge in [-0.1, -0.05) is 60.7 Å². The van der Waals surface area contributed by atoms with Gasteiger partial charge in [0, 0.05) is 45.8 Å². The number of amides is 2. The van der Waals surface area contributed by atoms with Crippen molar-refractivity contribution in [2.75, 3.05) is 52.4 Å².